The van der Waals surface area contributed by atoms with Gasteiger partial charge in [0.1, 0.15) is 0 Å². The zero-order valence-electron chi connectivity index (χ0n) is 8.37. The largest absolute Gasteiger partial charge is 0.397 e. The molecule has 1 rings (SSSR count). The molecule has 0 aliphatic heterocycles. The maximum absolute atomic E-state index is 5.68. The molecular weight excluding hydrogens is 180 g/mol. The molecule has 0 fully saturated rings. The van der Waals surface area contributed by atoms with Crippen LogP contribution in [0, 0.1) is 6.92 Å². The van der Waals surface area contributed by atoms with Gasteiger partial charge in [0, 0.05) is 5.25 Å². The topological polar surface area (TPSA) is 38.9 Å². The highest BCUT2D eigenvalue weighted by Crippen LogP contribution is 2.24. The summed E-state index contributed by atoms with van der Waals surface area (Å²) in [4.78, 5) is 4.27. The summed E-state index contributed by atoms with van der Waals surface area (Å²) in [5.41, 5.74) is 7.56. The molecule has 0 radical (unpaired) electrons. The Hall–Kier alpha value is -0.700. The Morgan fingerprint density at radius 2 is 2.31 bits per heavy atom. The van der Waals surface area contributed by atoms with Gasteiger partial charge in [0.05, 0.1) is 16.9 Å². The van der Waals surface area contributed by atoms with Crippen molar-refractivity contribution in [2.45, 2.75) is 37.5 Å². The lowest BCUT2D eigenvalue weighted by atomic mass is 10.3. The number of nitrogen functional groups attached to an aromatic ring is 1. The quantitative estimate of drug-likeness (QED) is 0.755. The second-order valence-corrected chi connectivity index (χ2v) is 4.67. The molecule has 72 valence electrons. The zero-order valence-corrected chi connectivity index (χ0v) is 9.19. The molecule has 2 nitrogen and oxygen atoms in total. The van der Waals surface area contributed by atoms with Gasteiger partial charge in [-0.3, -0.25) is 0 Å². The van der Waals surface area contributed by atoms with Gasteiger partial charge >= 0.3 is 0 Å². The minimum absolute atomic E-state index is 0.621. The van der Waals surface area contributed by atoms with Crippen molar-refractivity contribution in [3.05, 3.63) is 17.8 Å². The normalized spacial score (nSPS) is 12.8. The van der Waals surface area contributed by atoms with E-state index in [2.05, 4.69) is 18.8 Å². The first-order valence-corrected chi connectivity index (χ1v) is 5.40. The van der Waals surface area contributed by atoms with Crippen molar-refractivity contribution < 1.29 is 0 Å². The molecule has 1 atom stereocenters. The first kappa shape index (κ1) is 10.4. The summed E-state index contributed by atoms with van der Waals surface area (Å²) in [7, 11) is 0. The summed E-state index contributed by atoms with van der Waals surface area (Å²) in [5, 5.41) is 1.69. The van der Waals surface area contributed by atoms with Crippen LogP contribution in [0.15, 0.2) is 17.3 Å². The van der Waals surface area contributed by atoms with Crippen molar-refractivity contribution >= 4 is 17.4 Å². The third kappa shape index (κ3) is 2.92. The summed E-state index contributed by atoms with van der Waals surface area (Å²) in [5.74, 6) is 0. The predicted octanol–water partition coefficient (Wildman–Crippen LogP) is 2.86. The average Bonchev–Trinajstić information content (AvgIpc) is 2.11. The van der Waals surface area contributed by atoms with Crippen molar-refractivity contribution in [1.82, 2.24) is 4.98 Å². The van der Waals surface area contributed by atoms with Crippen molar-refractivity contribution in [1.29, 1.82) is 0 Å². The summed E-state index contributed by atoms with van der Waals surface area (Å²) >= 11 is 1.80. The van der Waals surface area contributed by atoms with Gasteiger partial charge < -0.3 is 5.73 Å². The maximum Gasteiger partial charge on any atom is 0.0966 e. The van der Waals surface area contributed by atoms with Gasteiger partial charge in [-0.1, -0.05) is 13.8 Å². The number of pyridine rings is 1. The monoisotopic (exact) mass is 196 g/mol. The Labute approximate surface area is 83.9 Å². The predicted molar refractivity (Wildman–Crippen MR) is 59.0 cm³/mol. The first-order chi connectivity index (χ1) is 6.13. The lowest BCUT2D eigenvalue weighted by Gasteiger charge is -2.08. The average molecular weight is 196 g/mol. The highest BCUT2D eigenvalue weighted by molar-refractivity contribution is 7.99. The van der Waals surface area contributed by atoms with Crippen LogP contribution in [-0.4, -0.2) is 10.2 Å². The molecule has 0 aliphatic rings. The molecule has 1 unspecified atom stereocenters. The molecule has 1 aromatic heterocycles. The van der Waals surface area contributed by atoms with Gasteiger partial charge in [0.25, 0.3) is 0 Å². The molecule has 0 aliphatic carbocycles. The Bertz CT molecular complexity index is 286. The number of aromatic nitrogens is 1. The number of aryl methyl sites for hydroxylation is 1. The van der Waals surface area contributed by atoms with E-state index in [1.54, 1.807) is 18.0 Å². The number of anilines is 1. The Kier molecular flexibility index (Phi) is 3.60. The minimum atomic E-state index is 0.621. The van der Waals surface area contributed by atoms with Crippen LogP contribution >= 0.6 is 11.8 Å². The second kappa shape index (κ2) is 4.51. The molecule has 2 N–H and O–H groups in total. The standard InChI is InChI=1S/C10H16N2S/c1-4-8(3)13-10-5-7(2)9(11)6-12-10/h5-6,8H,4,11H2,1-3H3. The molecule has 0 saturated carbocycles. The molecule has 1 heterocycles. The van der Waals surface area contributed by atoms with Gasteiger partial charge in [0.2, 0.25) is 0 Å². The summed E-state index contributed by atoms with van der Waals surface area (Å²) in [6, 6.07) is 2.05. The number of thioether (sulfide) groups is 1. The molecule has 0 aromatic carbocycles. The van der Waals surface area contributed by atoms with Crippen LogP contribution in [0.3, 0.4) is 0 Å². The number of nitrogens with two attached hydrogens (primary N) is 1. The van der Waals surface area contributed by atoms with Gasteiger partial charge in [-0.15, -0.1) is 11.8 Å². The van der Waals surface area contributed by atoms with Gasteiger partial charge in [-0.2, -0.15) is 0 Å². The Balaban J connectivity index is 2.73. The third-order valence-electron chi connectivity index (χ3n) is 2.02. The lowest BCUT2D eigenvalue weighted by Crippen LogP contribution is -1.96. The molecule has 0 bridgehead atoms. The highest BCUT2D eigenvalue weighted by Gasteiger charge is 2.03. The number of hydrogen-bond acceptors (Lipinski definition) is 3. The summed E-state index contributed by atoms with van der Waals surface area (Å²) < 4.78 is 0. The molecule has 0 amide bonds. The van der Waals surface area contributed by atoms with E-state index in [1.807, 2.05) is 13.0 Å². The van der Waals surface area contributed by atoms with Crippen LogP contribution < -0.4 is 5.73 Å². The van der Waals surface area contributed by atoms with Gasteiger partial charge in [-0.05, 0) is 25.0 Å². The van der Waals surface area contributed by atoms with Crippen LogP contribution in [0.1, 0.15) is 25.8 Å². The highest BCUT2D eigenvalue weighted by atomic mass is 32.2. The molecule has 3 heteroatoms. The Morgan fingerprint density at radius 1 is 1.62 bits per heavy atom. The van der Waals surface area contributed by atoms with Crippen LogP contribution in [0.5, 0.6) is 0 Å². The first-order valence-electron chi connectivity index (χ1n) is 4.52. The molecular formula is C10H16N2S. The van der Waals surface area contributed by atoms with Gasteiger partial charge in [0.15, 0.2) is 0 Å². The molecule has 0 spiro atoms. The van der Waals surface area contributed by atoms with Crippen molar-refractivity contribution in [3.63, 3.8) is 0 Å². The van der Waals surface area contributed by atoms with E-state index in [4.69, 9.17) is 5.73 Å². The van der Waals surface area contributed by atoms with E-state index in [0.717, 1.165) is 22.7 Å². The van der Waals surface area contributed by atoms with Crippen LogP contribution in [0.25, 0.3) is 0 Å². The minimum Gasteiger partial charge on any atom is -0.397 e. The number of rotatable bonds is 3. The van der Waals surface area contributed by atoms with Crippen molar-refractivity contribution in [2.24, 2.45) is 0 Å². The number of hydrogen-bond donors (Lipinski definition) is 1. The molecule has 0 saturated heterocycles. The third-order valence-corrected chi connectivity index (χ3v) is 3.22. The SMILES string of the molecule is CCC(C)Sc1cc(C)c(N)cn1. The fraction of sp³-hybridized carbons (Fsp3) is 0.500. The fourth-order valence-electron chi connectivity index (χ4n) is 0.895. The van der Waals surface area contributed by atoms with E-state index in [1.165, 1.54) is 0 Å². The van der Waals surface area contributed by atoms with E-state index in [0.29, 0.717) is 5.25 Å². The smallest absolute Gasteiger partial charge is 0.0966 e. The van der Waals surface area contributed by atoms with E-state index >= 15 is 0 Å². The maximum atomic E-state index is 5.68. The van der Waals surface area contributed by atoms with E-state index in [-0.39, 0.29) is 0 Å². The Morgan fingerprint density at radius 3 is 2.85 bits per heavy atom. The van der Waals surface area contributed by atoms with Crippen LogP contribution in [0.2, 0.25) is 0 Å². The van der Waals surface area contributed by atoms with Crippen LogP contribution in [-0.2, 0) is 0 Å². The van der Waals surface area contributed by atoms with Crippen molar-refractivity contribution in [3.8, 4) is 0 Å². The van der Waals surface area contributed by atoms with Crippen LogP contribution in [0.4, 0.5) is 5.69 Å². The summed E-state index contributed by atoms with van der Waals surface area (Å²) in [6.07, 6.45) is 2.90. The summed E-state index contributed by atoms with van der Waals surface area (Å²) in [6.45, 7) is 6.40. The van der Waals surface area contributed by atoms with E-state index in [9.17, 15) is 0 Å². The molecule has 1 aromatic rings. The lowest BCUT2D eigenvalue weighted by molar-refractivity contribution is 0.900. The number of nitrogens with zero attached hydrogens (tertiary/aromatic N) is 1. The van der Waals surface area contributed by atoms with Gasteiger partial charge in [-0.25, -0.2) is 4.98 Å². The zero-order chi connectivity index (χ0) is 9.84. The van der Waals surface area contributed by atoms with Crippen molar-refractivity contribution in [2.75, 3.05) is 5.73 Å². The van der Waals surface area contributed by atoms with E-state index < -0.39 is 0 Å². The fourth-order valence-corrected chi connectivity index (χ4v) is 1.83. The second-order valence-electron chi connectivity index (χ2n) is 3.22. The molecule has 13 heavy (non-hydrogen) atoms.